The SMILES string of the molecule is COCCN1C(=O)CCc2cc(OCC(=O)O)ccc21. The maximum Gasteiger partial charge on any atom is 0.341 e. The minimum atomic E-state index is -1.01. The molecule has 108 valence electrons. The van der Waals surface area contributed by atoms with Gasteiger partial charge in [-0.05, 0) is 30.2 Å². The fourth-order valence-corrected chi connectivity index (χ4v) is 2.20. The number of carboxylic acid groups (broad SMARTS) is 1. The van der Waals surface area contributed by atoms with E-state index in [1.54, 1.807) is 30.2 Å². The van der Waals surface area contributed by atoms with Crippen molar-refractivity contribution in [3.63, 3.8) is 0 Å². The van der Waals surface area contributed by atoms with Crippen molar-refractivity contribution in [1.82, 2.24) is 0 Å². The fourth-order valence-electron chi connectivity index (χ4n) is 2.20. The van der Waals surface area contributed by atoms with E-state index in [1.165, 1.54) is 0 Å². The molecular formula is C14H17NO5. The minimum absolute atomic E-state index is 0.0776. The van der Waals surface area contributed by atoms with Gasteiger partial charge in [0.05, 0.1) is 6.61 Å². The summed E-state index contributed by atoms with van der Waals surface area (Å²) in [5.74, 6) is -0.430. The largest absolute Gasteiger partial charge is 0.482 e. The number of aliphatic carboxylic acids is 1. The molecule has 0 bridgehead atoms. The lowest BCUT2D eigenvalue weighted by Gasteiger charge is -2.29. The fraction of sp³-hybridized carbons (Fsp3) is 0.429. The number of benzene rings is 1. The third-order valence-electron chi connectivity index (χ3n) is 3.13. The van der Waals surface area contributed by atoms with Gasteiger partial charge < -0.3 is 19.5 Å². The molecule has 0 atom stereocenters. The Morgan fingerprint density at radius 1 is 1.40 bits per heavy atom. The number of nitrogens with zero attached hydrogens (tertiary/aromatic N) is 1. The van der Waals surface area contributed by atoms with Crippen molar-refractivity contribution in [3.8, 4) is 5.75 Å². The average molecular weight is 279 g/mol. The second kappa shape index (κ2) is 6.38. The van der Waals surface area contributed by atoms with Crippen molar-refractivity contribution in [3.05, 3.63) is 23.8 Å². The van der Waals surface area contributed by atoms with Gasteiger partial charge in [0.2, 0.25) is 5.91 Å². The highest BCUT2D eigenvalue weighted by Crippen LogP contribution is 2.30. The van der Waals surface area contributed by atoms with E-state index in [-0.39, 0.29) is 12.5 Å². The number of carbonyl (C=O) groups excluding carboxylic acids is 1. The monoisotopic (exact) mass is 279 g/mol. The average Bonchev–Trinajstić information content (AvgIpc) is 2.44. The second-order valence-corrected chi connectivity index (χ2v) is 4.51. The molecule has 0 radical (unpaired) electrons. The van der Waals surface area contributed by atoms with Crippen LogP contribution in [0.15, 0.2) is 18.2 Å². The standard InChI is InChI=1S/C14H17NO5/c1-19-7-6-15-12-4-3-11(20-9-14(17)18)8-10(12)2-5-13(15)16/h3-4,8H,2,5-7,9H2,1H3,(H,17,18). The van der Waals surface area contributed by atoms with Gasteiger partial charge in [0.15, 0.2) is 6.61 Å². The van der Waals surface area contributed by atoms with E-state index in [0.29, 0.717) is 31.7 Å². The number of amides is 1. The number of hydrogen-bond acceptors (Lipinski definition) is 4. The van der Waals surface area contributed by atoms with Crippen LogP contribution in [0.5, 0.6) is 5.75 Å². The first-order valence-electron chi connectivity index (χ1n) is 6.38. The van der Waals surface area contributed by atoms with Crippen LogP contribution in [-0.2, 0) is 20.7 Å². The number of ether oxygens (including phenoxy) is 2. The Labute approximate surface area is 116 Å². The molecule has 6 nitrogen and oxygen atoms in total. The number of fused-ring (bicyclic) bond motifs is 1. The molecule has 1 amide bonds. The van der Waals surface area contributed by atoms with Crippen molar-refractivity contribution >= 4 is 17.6 Å². The van der Waals surface area contributed by atoms with Crippen LogP contribution >= 0.6 is 0 Å². The normalized spacial score (nSPS) is 14.1. The quantitative estimate of drug-likeness (QED) is 0.843. The van der Waals surface area contributed by atoms with E-state index in [4.69, 9.17) is 14.6 Å². The summed E-state index contributed by atoms with van der Waals surface area (Å²) in [6.07, 6.45) is 1.08. The predicted molar refractivity (Wildman–Crippen MR) is 72.1 cm³/mol. The minimum Gasteiger partial charge on any atom is -0.482 e. The molecule has 1 N–H and O–H groups in total. The van der Waals surface area contributed by atoms with Crippen molar-refractivity contribution in [1.29, 1.82) is 0 Å². The molecule has 0 spiro atoms. The van der Waals surface area contributed by atoms with Crippen molar-refractivity contribution in [2.75, 3.05) is 31.8 Å². The summed E-state index contributed by atoms with van der Waals surface area (Å²) >= 11 is 0. The molecule has 2 rings (SSSR count). The maximum absolute atomic E-state index is 11.9. The first-order chi connectivity index (χ1) is 9.61. The highest BCUT2D eigenvalue weighted by atomic mass is 16.5. The number of anilines is 1. The Balaban J connectivity index is 2.17. The number of methoxy groups -OCH3 is 1. The van der Waals surface area contributed by atoms with Crippen LogP contribution in [0.1, 0.15) is 12.0 Å². The molecule has 0 saturated carbocycles. The Morgan fingerprint density at radius 3 is 2.90 bits per heavy atom. The van der Waals surface area contributed by atoms with Gasteiger partial charge in [-0.1, -0.05) is 0 Å². The molecule has 0 fully saturated rings. The summed E-state index contributed by atoms with van der Waals surface area (Å²) in [5.41, 5.74) is 1.84. The van der Waals surface area contributed by atoms with Crippen LogP contribution in [0.3, 0.4) is 0 Å². The number of rotatable bonds is 6. The van der Waals surface area contributed by atoms with Gasteiger partial charge >= 0.3 is 5.97 Å². The van der Waals surface area contributed by atoms with Gasteiger partial charge in [-0.2, -0.15) is 0 Å². The first-order valence-corrected chi connectivity index (χ1v) is 6.38. The number of hydrogen-bond donors (Lipinski definition) is 1. The van der Waals surface area contributed by atoms with E-state index in [0.717, 1.165) is 11.3 Å². The van der Waals surface area contributed by atoms with Gasteiger partial charge in [-0.25, -0.2) is 4.79 Å². The summed E-state index contributed by atoms with van der Waals surface area (Å²) < 4.78 is 10.2. The van der Waals surface area contributed by atoms with Crippen LogP contribution in [0.2, 0.25) is 0 Å². The lowest BCUT2D eigenvalue weighted by Crippen LogP contribution is -2.37. The molecule has 1 aromatic carbocycles. The van der Waals surface area contributed by atoms with E-state index in [1.807, 2.05) is 0 Å². The molecule has 1 aliphatic heterocycles. The molecule has 1 aromatic rings. The molecule has 1 aliphatic rings. The van der Waals surface area contributed by atoms with Gasteiger partial charge in [0.25, 0.3) is 0 Å². The Bertz CT molecular complexity index is 514. The Hall–Kier alpha value is -2.08. The summed E-state index contributed by atoms with van der Waals surface area (Å²) in [4.78, 5) is 24.1. The lowest BCUT2D eigenvalue weighted by molar-refractivity contribution is -0.139. The van der Waals surface area contributed by atoms with Crippen molar-refractivity contribution in [2.24, 2.45) is 0 Å². The maximum atomic E-state index is 11.9. The third kappa shape index (κ3) is 3.27. The topological polar surface area (TPSA) is 76.1 Å². The summed E-state index contributed by atoms with van der Waals surface area (Å²) in [5, 5.41) is 8.60. The number of carboxylic acids is 1. The third-order valence-corrected chi connectivity index (χ3v) is 3.13. The summed E-state index contributed by atoms with van der Waals surface area (Å²) in [7, 11) is 1.60. The molecule has 0 aromatic heterocycles. The van der Waals surface area contributed by atoms with Crippen LogP contribution in [0.25, 0.3) is 0 Å². The molecule has 1 heterocycles. The van der Waals surface area contributed by atoms with Crippen LogP contribution in [0, 0.1) is 0 Å². The lowest BCUT2D eigenvalue weighted by atomic mass is 10.0. The van der Waals surface area contributed by atoms with Crippen LogP contribution < -0.4 is 9.64 Å². The molecule has 20 heavy (non-hydrogen) atoms. The van der Waals surface area contributed by atoms with E-state index in [2.05, 4.69) is 0 Å². The van der Waals surface area contributed by atoms with Gasteiger partial charge in [0.1, 0.15) is 5.75 Å². The second-order valence-electron chi connectivity index (χ2n) is 4.51. The van der Waals surface area contributed by atoms with E-state index < -0.39 is 5.97 Å². The molecular weight excluding hydrogens is 262 g/mol. The molecule has 0 saturated heterocycles. The molecule has 0 unspecified atom stereocenters. The van der Waals surface area contributed by atoms with E-state index >= 15 is 0 Å². The zero-order valence-corrected chi connectivity index (χ0v) is 11.3. The van der Waals surface area contributed by atoms with E-state index in [9.17, 15) is 9.59 Å². The van der Waals surface area contributed by atoms with Crippen molar-refractivity contribution < 1.29 is 24.2 Å². The predicted octanol–water partition coefficient (Wildman–Crippen LogP) is 1.08. The highest BCUT2D eigenvalue weighted by molar-refractivity contribution is 5.96. The van der Waals surface area contributed by atoms with Gasteiger partial charge in [-0.3, -0.25) is 4.79 Å². The first kappa shape index (κ1) is 14.3. The van der Waals surface area contributed by atoms with Crippen LogP contribution in [0.4, 0.5) is 5.69 Å². The number of aryl methyl sites for hydroxylation is 1. The smallest absolute Gasteiger partial charge is 0.341 e. The molecule has 6 heteroatoms. The summed E-state index contributed by atoms with van der Waals surface area (Å²) in [6.45, 7) is 0.616. The molecule has 0 aliphatic carbocycles. The van der Waals surface area contributed by atoms with Crippen LogP contribution in [-0.4, -0.2) is 43.9 Å². The van der Waals surface area contributed by atoms with Gasteiger partial charge in [0, 0.05) is 25.8 Å². The zero-order chi connectivity index (χ0) is 14.5. The number of carbonyl (C=O) groups is 2. The zero-order valence-electron chi connectivity index (χ0n) is 11.3. The Kier molecular flexibility index (Phi) is 4.57. The Morgan fingerprint density at radius 2 is 2.20 bits per heavy atom. The van der Waals surface area contributed by atoms with Gasteiger partial charge in [-0.15, -0.1) is 0 Å². The van der Waals surface area contributed by atoms with Crippen molar-refractivity contribution in [2.45, 2.75) is 12.8 Å². The highest BCUT2D eigenvalue weighted by Gasteiger charge is 2.24. The summed E-state index contributed by atoms with van der Waals surface area (Å²) in [6, 6.07) is 5.27.